The number of rotatable bonds is 2. The van der Waals surface area contributed by atoms with Crippen LogP contribution in [0.2, 0.25) is 0 Å². The molecule has 0 spiro atoms. The van der Waals surface area contributed by atoms with Gasteiger partial charge in [-0.2, -0.15) is 4.57 Å². The molecule has 0 N–H and O–H groups in total. The van der Waals surface area contributed by atoms with Crippen molar-refractivity contribution < 1.29 is 10.7 Å². The summed E-state index contributed by atoms with van der Waals surface area (Å²) in [6, 6.07) is 17.2. The standard InChI is InChI=1S/C25H24NO/c1-15(2)14-19-18-9-5-6-10-20(18)26(4)24-22-16(3)12-13-17-8-7-11-21(23(17)22)27-25(19)24/h5-13,15H,14H2,1-4H3/q+1/i9D. The van der Waals surface area contributed by atoms with Crippen molar-refractivity contribution in [1.82, 2.24) is 0 Å². The summed E-state index contributed by atoms with van der Waals surface area (Å²) in [6.07, 6.45) is 0.882. The van der Waals surface area contributed by atoms with Gasteiger partial charge in [0, 0.05) is 17.0 Å². The van der Waals surface area contributed by atoms with Gasteiger partial charge in [0.2, 0.25) is 11.3 Å². The number of para-hydroxylation sites is 1. The Hall–Kier alpha value is -2.87. The first kappa shape index (κ1) is 15.2. The molecular formula is C25H24NO+. The molecule has 3 aromatic carbocycles. The lowest BCUT2D eigenvalue weighted by atomic mass is 9.89. The monoisotopic (exact) mass is 355 g/mol. The SMILES string of the molecule is [2H]c1cccc2c1c(CC(C)C)c1c([n+]2C)-c2c(C)ccc3cccc(c23)O1. The minimum Gasteiger partial charge on any atom is -0.449 e. The molecule has 0 saturated carbocycles. The molecule has 2 heteroatoms. The predicted octanol–water partition coefficient (Wildman–Crippen LogP) is 6.10. The Kier molecular flexibility index (Phi) is 3.28. The lowest BCUT2D eigenvalue weighted by molar-refractivity contribution is -0.633. The third-order valence-corrected chi connectivity index (χ3v) is 5.60. The molecule has 0 atom stereocenters. The number of aromatic nitrogens is 1. The molecule has 1 aliphatic heterocycles. The van der Waals surface area contributed by atoms with Crippen LogP contribution >= 0.6 is 0 Å². The maximum Gasteiger partial charge on any atom is 0.257 e. The number of aryl methyl sites for hydroxylation is 2. The van der Waals surface area contributed by atoms with E-state index in [4.69, 9.17) is 6.11 Å². The largest absolute Gasteiger partial charge is 0.449 e. The van der Waals surface area contributed by atoms with Crippen molar-refractivity contribution in [2.75, 3.05) is 0 Å². The Balaban J connectivity index is 2.01. The van der Waals surface area contributed by atoms with Crippen LogP contribution in [0.3, 0.4) is 0 Å². The lowest BCUT2D eigenvalue weighted by Crippen LogP contribution is -2.34. The van der Waals surface area contributed by atoms with Crippen molar-refractivity contribution in [3.63, 3.8) is 0 Å². The Morgan fingerprint density at radius 3 is 2.74 bits per heavy atom. The zero-order valence-electron chi connectivity index (χ0n) is 17.3. The number of benzene rings is 3. The van der Waals surface area contributed by atoms with Crippen molar-refractivity contribution in [2.24, 2.45) is 13.0 Å². The topological polar surface area (TPSA) is 13.1 Å². The molecule has 0 saturated heterocycles. The first-order chi connectivity index (χ1) is 13.5. The van der Waals surface area contributed by atoms with E-state index in [1.54, 1.807) is 0 Å². The third-order valence-electron chi connectivity index (χ3n) is 5.60. The second kappa shape index (κ2) is 5.82. The van der Waals surface area contributed by atoms with E-state index in [0.717, 1.165) is 40.1 Å². The molecule has 1 aromatic heterocycles. The molecule has 0 radical (unpaired) electrons. The number of fused-ring (bicyclic) bond motifs is 3. The van der Waals surface area contributed by atoms with Crippen LogP contribution in [0.1, 0.15) is 26.3 Å². The Bertz CT molecular complexity index is 1270. The average molecular weight is 355 g/mol. The van der Waals surface area contributed by atoms with Gasteiger partial charge in [-0.15, -0.1) is 0 Å². The van der Waals surface area contributed by atoms with Gasteiger partial charge in [-0.25, -0.2) is 0 Å². The van der Waals surface area contributed by atoms with Gasteiger partial charge in [0.05, 0.1) is 12.3 Å². The summed E-state index contributed by atoms with van der Waals surface area (Å²) >= 11 is 0. The van der Waals surface area contributed by atoms with E-state index in [1.165, 1.54) is 21.9 Å². The maximum atomic E-state index is 8.60. The fourth-order valence-corrected chi connectivity index (χ4v) is 4.42. The van der Waals surface area contributed by atoms with Gasteiger partial charge >= 0.3 is 0 Å². The molecule has 134 valence electrons. The highest BCUT2D eigenvalue weighted by Gasteiger charge is 2.33. The summed E-state index contributed by atoms with van der Waals surface area (Å²) in [5, 5.41) is 3.38. The Labute approximate surface area is 161 Å². The first-order valence-corrected chi connectivity index (χ1v) is 9.62. The van der Waals surface area contributed by atoms with Crippen LogP contribution in [-0.4, -0.2) is 0 Å². The van der Waals surface area contributed by atoms with Crippen molar-refractivity contribution in [1.29, 1.82) is 0 Å². The zero-order valence-corrected chi connectivity index (χ0v) is 16.3. The second-order valence-corrected chi connectivity index (χ2v) is 7.96. The van der Waals surface area contributed by atoms with Crippen molar-refractivity contribution >= 4 is 21.7 Å². The third kappa shape index (κ3) is 2.29. The molecule has 4 aromatic rings. The minimum atomic E-state index is 0.470. The van der Waals surface area contributed by atoms with E-state index in [0.29, 0.717) is 12.0 Å². The van der Waals surface area contributed by atoms with Crippen molar-refractivity contribution in [3.8, 4) is 22.8 Å². The van der Waals surface area contributed by atoms with Crippen LogP contribution in [0.15, 0.2) is 54.6 Å². The molecule has 5 rings (SSSR count). The number of ether oxygens (including phenoxy) is 1. The number of hydrogen-bond donors (Lipinski definition) is 0. The van der Waals surface area contributed by atoms with Crippen LogP contribution in [0.5, 0.6) is 11.5 Å². The number of pyridine rings is 1. The summed E-state index contributed by atoms with van der Waals surface area (Å²) in [7, 11) is 2.09. The number of hydrogen-bond acceptors (Lipinski definition) is 1. The van der Waals surface area contributed by atoms with Gasteiger partial charge in [-0.1, -0.05) is 50.2 Å². The smallest absolute Gasteiger partial charge is 0.257 e. The van der Waals surface area contributed by atoms with Gasteiger partial charge in [0.15, 0.2) is 0 Å². The number of nitrogens with zero attached hydrogens (tertiary/aromatic N) is 1. The van der Waals surface area contributed by atoms with Crippen LogP contribution in [0.4, 0.5) is 0 Å². The zero-order chi connectivity index (χ0) is 19.6. The molecule has 2 nitrogen and oxygen atoms in total. The summed E-state index contributed by atoms with van der Waals surface area (Å²) in [5.41, 5.74) is 5.85. The summed E-state index contributed by atoms with van der Waals surface area (Å²) in [6.45, 7) is 6.62. The molecule has 27 heavy (non-hydrogen) atoms. The minimum absolute atomic E-state index is 0.470. The van der Waals surface area contributed by atoms with E-state index in [-0.39, 0.29) is 0 Å². The van der Waals surface area contributed by atoms with Crippen LogP contribution in [-0.2, 0) is 13.5 Å². The quantitative estimate of drug-likeness (QED) is 0.349. The Morgan fingerprint density at radius 2 is 1.93 bits per heavy atom. The molecule has 0 unspecified atom stereocenters. The van der Waals surface area contributed by atoms with Crippen LogP contribution in [0, 0.1) is 12.8 Å². The van der Waals surface area contributed by atoms with E-state index >= 15 is 0 Å². The van der Waals surface area contributed by atoms with Gasteiger partial charge in [-0.3, -0.25) is 0 Å². The molecule has 0 fully saturated rings. The highest BCUT2D eigenvalue weighted by atomic mass is 16.5. The lowest BCUT2D eigenvalue weighted by Gasteiger charge is -2.24. The second-order valence-electron chi connectivity index (χ2n) is 7.96. The van der Waals surface area contributed by atoms with Gasteiger partial charge in [0.25, 0.3) is 5.69 Å². The van der Waals surface area contributed by atoms with Crippen LogP contribution < -0.4 is 9.30 Å². The van der Waals surface area contributed by atoms with E-state index < -0.39 is 0 Å². The fraction of sp³-hybridized carbons (Fsp3) is 0.240. The Morgan fingerprint density at radius 1 is 1.07 bits per heavy atom. The van der Waals surface area contributed by atoms with E-state index in [2.05, 4.69) is 68.8 Å². The molecule has 0 bridgehead atoms. The van der Waals surface area contributed by atoms with Crippen LogP contribution in [0.25, 0.3) is 32.9 Å². The highest BCUT2D eigenvalue weighted by Crippen LogP contribution is 2.49. The normalized spacial score (nSPS) is 13.0. The van der Waals surface area contributed by atoms with Gasteiger partial charge in [0.1, 0.15) is 12.8 Å². The molecular weight excluding hydrogens is 330 g/mol. The van der Waals surface area contributed by atoms with Crippen molar-refractivity contribution in [2.45, 2.75) is 27.2 Å². The predicted molar refractivity (Wildman–Crippen MR) is 111 cm³/mol. The van der Waals surface area contributed by atoms with Crippen molar-refractivity contribution in [3.05, 3.63) is 65.7 Å². The summed E-state index contributed by atoms with van der Waals surface area (Å²) in [5.74, 6) is 2.30. The molecule has 0 aliphatic carbocycles. The average Bonchev–Trinajstić information content (AvgIpc) is 2.67. The molecule has 0 amide bonds. The van der Waals surface area contributed by atoms with E-state index in [1.807, 2.05) is 12.1 Å². The van der Waals surface area contributed by atoms with Gasteiger partial charge in [-0.05, 0) is 42.3 Å². The summed E-state index contributed by atoms with van der Waals surface area (Å²) < 4.78 is 17.4. The first-order valence-electron chi connectivity index (χ1n) is 10.1. The van der Waals surface area contributed by atoms with E-state index in [9.17, 15) is 0 Å². The summed E-state index contributed by atoms with van der Waals surface area (Å²) in [4.78, 5) is 0. The molecule has 2 heterocycles. The highest BCUT2D eigenvalue weighted by molar-refractivity contribution is 6.05. The maximum absolute atomic E-state index is 8.60. The molecule has 1 aliphatic rings. The fourth-order valence-electron chi connectivity index (χ4n) is 4.42. The van der Waals surface area contributed by atoms with Gasteiger partial charge < -0.3 is 4.74 Å².